The fourth-order valence-corrected chi connectivity index (χ4v) is 3.74. The molecule has 2 aromatic rings. The fourth-order valence-electron chi connectivity index (χ4n) is 3.74. The third-order valence-corrected chi connectivity index (χ3v) is 4.92. The average molecular weight is 406 g/mol. The van der Waals surface area contributed by atoms with Crippen LogP contribution in [0.15, 0.2) is 48.5 Å². The monoisotopic (exact) mass is 406 g/mol. The third kappa shape index (κ3) is 5.58. The number of halogens is 3. The third-order valence-electron chi connectivity index (χ3n) is 4.92. The van der Waals surface area contributed by atoms with Crippen LogP contribution in [0.3, 0.4) is 0 Å². The van der Waals surface area contributed by atoms with Crippen molar-refractivity contribution in [3.8, 4) is 0 Å². The molecular formula is C22H25F3N2O2. The largest absolute Gasteiger partial charge is 0.417 e. The summed E-state index contributed by atoms with van der Waals surface area (Å²) in [5.74, 6) is -0.735. The number of rotatable bonds is 5. The Balaban J connectivity index is 1.70. The first kappa shape index (κ1) is 21.3. The van der Waals surface area contributed by atoms with Crippen LogP contribution in [0.4, 0.5) is 13.2 Å². The van der Waals surface area contributed by atoms with E-state index in [1.165, 1.54) is 18.2 Å². The van der Waals surface area contributed by atoms with Crippen LogP contribution in [0.1, 0.15) is 40.9 Å². The van der Waals surface area contributed by atoms with Crippen LogP contribution < -0.4 is 5.32 Å². The summed E-state index contributed by atoms with van der Waals surface area (Å²) in [7, 11) is 0. The SMILES string of the molecule is CC1CN(Cc2ccccc2CNC(=O)c2ccccc2C(F)(F)F)CC(C)O1. The second-order valence-corrected chi connectivity index (χ2v) is 7.45. The molecule has 0 aliphatic carbocycles. The van der Waals surface area contributed by atoms with E-state index in [4.69, 9.17) is 4.74 Å². The van der Waals surface area contributed by atoms with Gasteiger partial charge in [0.25, 0.3) is 5.91 Å². The summed E-state index contributed by atoms with van der Waals surface area (Å²) >= 11 is 0. The molecule has 29 heavy (non-hydrogen) atoms. The molecule has 1 aliphatic rings. The molecule has 1 aliphatic heterocycles. The normalized spacial score (nSPS) is 20.4. The maximum atomic E-state index is 13.2. The molecule has 0 radical (unpaired) electrons. The Morgan fingerprint density at radius 2 is 1.62 bits per heavy atom. The minimum absolute atomic E-state index is 0.143. The lowest BCUT2D eigenvalue weighted by molar-refractivity contribution is -0.137. The molecule has 156 valence electrons. The average Bonchev–Trinajstić information content (AvgIpc) is 2.65. The Morgan fingerprint density at radius 3 is 2.28 bits per heavy atom. The van der Waals surface area contributed by atoms with Crippen molar-refractivity contribution in [1.29, 1.82) is 0 Å². The molecule has 2 atom stereocenters. The number of alkyl halides is 3. The van der Waals surface area contributed by atoms with Gasteiger partial charge in [-0.15, -0.1) is 0 Å². The molecule has 0 aromatic heterocycles. The first-order chi connectivity index (χ1) is 13.7. The second-order valence-electron chi connectivity index (χ2n) is 7.45. The number of ether oxygens (including phenoxy) is 1. The van der Waals surface area contributed by atoms with Crippen molar-refractivity contribution in [2.24, 2.45) is 0 Å². The van der Waals surface area contributed by atoms with Gasteiger partial charge in [-0.25, -0.2) is 0 Å². The fraction of sp³-hybridized carbons (Fsp3) is 0.409. The number of hydrogen-bond acceptors (Lipinski definition) is 3. The number of morpholine rings is 1. The van der Waals surface area contributed by atoms with Crippen LogP contribution in [-0.2, 0) is 24.0 Å². The zero-order valence-electron chi connectivity index (χ0n) is 16.5. The Kier molecular flexibility index (Phi) is 6.59. The van der Waals surface area contributed by atoms with Crippen LogP contribution in [0.25, 0.3) is 0 Å². The molecule has 1 saturated heterocycles. The summed E-state index contributed by atoms with van der Waals surface area (Å²) in [6.07, 6.45) is -4.29. The Labute approximate surface area is 168 Å². The molecule has 0 bridgehead atoms. The molecular weight excluding hydrogens is 381 g/mol. The maximum absolute atomic E-state index is 13.2. The van der Waals surface area contributed by atoms with E-state index in [9.17, 15) is 18.0 Å². The molecule has 0 saturated carbocycles. The van der Waals surface area contributed by atoms with E-state index in [0.717, 1.165) is 30.3 Å². The van der Waals surface area contributed by atoms with Gasteiger partial charge in [-0.3, -0.25) is 9.69 Å². The van der Waals surface area contributed by atoms with Crippen molar-refractivity contribution in [2.75, 3.05) is 13.1 Å². The van der Waals surface area contributed by atoms with Crippen LogP contribution in [0, 0.1) is 0 Å². The summed E-state index contributed by atoms with van der Waals surface area (Å²) in [6.45, 7) is 6.55. The number of carbonyl (C=O) groups excluding carboxylic acids is 1. The van der Waals surface area contributed by atoms with E-state index in [2.05, 4.69) is 10.2 Å². The standard InChI is InChI=1S/C22H25F3N2O2/c1-15-12-27(13-16(2)29-15)14-18-8-4-3-7-17(18)11-26-21(28)19-9-5-6-10-20(19)22(23,24)25/h3-10,15-16H,11-14H2,1-2H3,(H,26,28). The second kappa shape index (κ2) is 8.97. The predicted octanol–water partition coefficient (Wildman–Crippen LogP) is 4.24. The Morgan fingerprint density at radius 1 is 1.03 bits per heavy atom. The molecule has 1 heterocycles. The number of nitrogens with zero attached hydrogens (tertiary/aromatic N) is 1. The highest BCUT2D eigenvalue weighted by Gasteiger charge is 2.34. The molecule has 1 N–H and O–H groups in total. The van der Waals surface area contributed by atoms with Crippen LogP contribution in [-0.4, -0.2) is 36.1 Å². The van der Waals surface area contributed by atoms with E-state index in [-0.39, 0.29) is 24.3 Å². The number of nitrogens with one attached hydrogen (secondary N) is 1. The molecule has 1 fully saturated rings. The summed E-state index contributed by atoms with van der Waals surface area (Å²) in [6, 6.07) is 12.5. The molecule has 3 rings (SSSR count). The summed E-state index contributed by atoms with van der Waals surface area (Å²) < 4.78 is 45.3. The van der Waals surface area contributed by atoms with Gasteiger partial charge in [0, 0.05) is 26.2 Å². The molecule has 0 spiro atoms. The highest BCUT2D eigenvalue weighted by atomic mass is 19.4. The maximum Gasteiger partial charge on any atom is 0.417 e. The van der Waals surface area contributed by atoms with Crippen LogP contribution in [0.5, 0.6) is 0 Å². The van der Waals surface area contributed by atoms with Gasteiger partial charge >= 0.3 is 6.18 Å². The van der Waals surface area contributed by atoms with Crippen LogP contribution >= 0.6 is 0 Å². The van der Waals surface area contributed by atoms with Gasteiger partial charge in [0.15, 0.2) is 0 Å². The van der Waals surface area contributed by atoms with E-state index in [1.807, 2.05) is 38.1 Å². The summed E-state index contributed by atoms with van der Waals surface area (Å²) in [5, 5.41) is 2.64. The minimum Gasteiger partial charge on any atom is -0.373 e. The minimum atomic E-state index is -4.57. The van der Waals surface area contributed by atoms with Crippen molar-refractivity contribution in [3.63, 3.8) is 0 Å². The highest BCUT2D eigenvalue weighted by molar-refractivity contribution is 5.95. The van der Waals surface area contributed by atoms with Gasteiger partial charge < -0.3 is 10.1 Å². The van der Waals surface area contributed by atoms with E-state index in [0.29, 0.717) is 6.54 Å². The zero-order valence-corrected chi connectivity index (χ0v) is 16.5. The number of amides is 1. The summed E-state index contributed by atoms with van der Waals surface area (Å²) in [5.41, 5.74) is 0.630. The van der Waals surface area contributed by atoms with E-state index < -0.39 is 17.6 Å². The lowest BCUT2D eigenvalue weighted by atomic mass is 10.0. The predicted molar refractivity (Wildman–Crippen MR) is 104 cm³/mol. The van der Waals surface area contributed by atoms with Crippen molar-refractivity contribution in [3.05, 3.63) is 70.8 Å². The van der Waals surface area contributed by atoms with Gasteiger partial charge in [-0.05, 0) is 37.1 Å². The lowest BCUT2D eigenvalue weighted by Crippen LogP contribution is -2.45. The molecule has 2 unspecified atom stereocenters. The van der Waals surface area contributed by atoms with Crippen molar-refractivity contribution in [1.82, 2.24) is 10.2 Å². The van der Waals surface area contributed by atoms with Gasteiger partial charge in [-0.1, -0.05) is 36.4 Å². The number of hydrogen-bond donors (Lipinski definition) is 1. The van der Waals surface area contributed by atoms with Crippen molar-refractivity contribution >= 4 is 5.91 Å². The number of benzene rings is 2. The first-order valence-corrected chi connectivity index (χ1v) is 9.63. The lowest BCUT2D eigenvalue weighted by Gasteiger charge is -2.35. The topological polar surface area (TPSA) is 41.6 Å². The Hall–Kier alpha value is -2.38. The molecule has 7 heteroatoms. The molecule has 1 amide bonds. The van der Waals surface area contributed by atoms with Gasteiger partial charge in [0.05, 0.1) is 23.3 Å². The summed E-state index contributed by atoms with van der Waals surface area (Å²) in [4.78, 5) is 14.7. The number of carbonyl (C=O) groups is 1. The van der Waals surface area contributed by atoms with Crippen molar-refractivity contribution < 1.29 is 22.7 Å². The first-order valence-electron chi connectivity index (χ1n) is 9.63. The smallest absolute Gasteiger partial charge is 0.373 e. The zero-order chi connectivity index (χ0) is 21.0. The van der Waals surface area contributed by atoms with Gasteiger partial charge in [0.1, 0.15) is 0 Å². The quantitative estimate of drug-likeness (QED) is 0.808. The van der Waals surface area contributed by atoms with E-state index >= 15 is 0 Å². The Bertz CT molecular complexity index is 844. The van der Waals surface area contributed by atoms with Gasteiger partial charge in [-0.2, -0.15) is 13.2 Å². The highest BCUT2D eigenvalue weighted by Crippen LogP contribution is 2.31. The van der Waals surface area contributed by atoms with Crippen molar-refractivity contribution in [2.45, 2.75) is 45.3 Å². The van der Waals surface area contributed by atoms with Crippen LogP contribution in [0.2, 0.25) is 0 Å². The van der Waals surface area contributed by atoms with Gasteiger partial charge in [0.2, 0.25) is 0 Å². The molecule has 2 aromatic carbocycles. The van der Waals surface area contributed by atoms with E-state index in [1.54, 1.807) is 0 Å². The molecule has 4 nitrogen and oxygen atoms in total.